The molecule has 0 atom stereocenters. The van der Waals surface area contributed by atoms with Gasteiger partial charge in [-0.3, -0.25) is 0 Å². The fourth-order valence-electron chi connectivity index (χ4n) is 0.393. The summed E-state index contributed by atoms with van der Waals surface area (Å²) in [6.45, 7) is 0. The van der Waals surface area contributed by atoms with Crippen LogP contribution in [-0.4, -0.2) is 4.19 Å². The Morgan fingerprint density at radius 2 is 1.57 bits per heavy atom. The van der Waals surface area contributed by atoms with Gasteiger partial charge in [-0.1, -0.05) is 24.3 Å². The van der Waals surface area contributed by atoms with Crippen molar-refractivity contribution >= 4 is 0 Å². The fraction of sp³-hybridized carbons (Fsp3) is 0.200. The van der Waals surface area contributed by atoms with Crippen molar-refractivity contribution < 1.29 is 20.5 Å². The van der Waals surface area contributed by atoms with E-state index in [1.165, 1.54) is 0 Å². The zero-order valence-corrected chi connectivity index (χ0v) is 5.02. The van der Waals surface area contributed by atoms with E-state index in [1.54, 1.807) is 0 Å². The Labute approximate surface area is 51.9 Å². The van der Waals surface area contributed by atoms with Crippen molar-refractivity contribution in [1.29, 1.82) is 0 Å². The van der Waals surface area contributed by atoms with Crippen LogP contribution in [0.2, 0.25) is 0 Å². The van der Waals surface area contributed by atoms with Gasteiger partial charge < -0.3 is 0 Å². The topological polar surface area (TPSA) is 20.2 Å². The molecule has 2 heteroatoms. The summed E-state index contributed by atoms with van der Waals surface area (Å²) in [6, 6.07) is 0. The molecule has 1 aliphatic carbocycles. The zero-order chi connectivity index (χ0) is 5.54. The first kappa shape index (κ1) is 6.96. The first-order valence-corrected chi connectivity index (χ1v) is 2.51. The first-order chi connectivity index (χ1) is 3.50. The Morgan fingerprint density at radius 3 is 1.71 bits per heavy atom. The van der Waals surface area contributed by atoms with Crippen LogP contribution < -0.4 is 0 Å². The van der Waals surface area contributed by atoms with Crippen LogP contribution in [0.1, 0.15) is 6.42 Å². The Morgan fingerprint density at radius 1 is 1.14 bits per heavy atom. The maximum absolute atomic E-state index is 6.81. The molecule has 0 aromatic carbocycles. The van der Waals surface area contributed by atoms with Gasteiger partial charge in [-0.25, -0.2) is 0 Å². The minimum absolute atomic E-state index is 1.14. The van der Waals surface area contributed by atoms with Crippen molar-refractivity contribution in [3.63, 3.8) is 0 Å². The van der Waals surface area contributed by atoms with Crippen LogP contribution in [0.4, 0.5) is 0 Å². The van der Waals surface area contributed by atoms with Gasteiger partial charge in [-0.15, -0.1) is 0 Å². The van der Waals surface area contributed by atoms with E-state index < -0.39 is 0 Å². The molecule has 0 heterocycles. The molecule has 0 bridgehead atoms. The Balaban J connectivity index is 0.000000162. The van der Waals surface area contributed by atoms with Gasteiger partial charge in [-0.05, 0) is 6.42 Å². The van der Waals surface area contributed by atoms with Gasteiger partial charge in [0.25, 0.3) is 0 Å². The predicted molar refractivity (Wildman–Crippen MR) is 25.1 cm³/mol. The van der Waals surface area contributed by atoms with Crippen molar-refractivity contribution in [3.8, 4) is 0 Å². The molecule has 40 valence electrons. The minimum atomic E-state index is 1.14. The molecular formula is C5H7MnO. The molecule has 1 nitrogen and oxygen atoms in total. The van der Waals surface area contributed by atoms with Crippen LogP contribution >= 0.6 is 0 Å². The standard InChI is InChI=1S/C5H6.Mn.H2O/c1-2-4-5-3-1;;/h1-4H,5H2;;1H2/q;+1;/p-1. The van der Waals surface area contributed by atoms with Crippen LogP contribution in [0, 0.1) is 0 Å². The summed E-state index contributed by atoms with van der Waals surface area (Å²) in [5.41, 5.74) is 0. The fourth-order valence-corrected chi connectivity index (χ4v) is 0.393. The Bertz CT molecular complexity index is 66.1. The van der Waals surface area contributed by atoms with Crippen LogP contribution in [-0.2, 0) is 16.3 Å². The first-order valence-electron chi connectivity index (χ1n) is 1.99. The van der Waals surface area contributed by atoms with Gasteiger partial charge in [0.1, 0.15) is 0 Å². The van der Waals surface area contributed by atoms with E-state index in [0.717, 1.165) is 6.42 Å². The molecule has 7 heavy (non-hydrogen) atoms. The summed E-state index contributed by atoms with van der Waals surface area (Å²) in [5.74, 6) is 0. The molecule has 0 saturated carbocycles. The second-order valence-electron chi connectivity index (χ2n) is 1.09. The second kappa shape index (κ2) is 5.96. The van der Waals surface area contributed by atoms with Gasteiger partial charge in [0.15, 0.2) is 0 Å². The third kappa shape index (κ3) is 3.80. The second-order valence-corrected chi connectivity index (χ2v) is 1.09. The molecule has 0 aliphatic heterocycles. The number of allylic oxidation sites excluding steroid dienone is 4. The molecule has 1 aliphatic rings. The van der Waals surface area contributed by atoms with Crippen molar-refractivity contribution in [2.24, 2.45) is 0 Å². The summed E-state index contributed by atoms with van der Waals surface area (Å²) < 4.78 is 6.81. The van der Waals surface area contributed by atoms with Gasteiger partial charge >= 0.3 is 20.5 Å². The molecular weight excluding hydrogens is 131 g/mol. The van der Waals surface area contributed by atoms with Gasteiger partial charge in [-0.2, -0.15) is 0 Å². The Kier molecular flexibility index (Phi) is 5.92. The number of rotatable bonds is 0. The van der Waals surface area contributed by atoms with E-state index in [0.29, 0.717) is 0 Å². The van der Waals surface area contributed by atoms with Crippen molar-refractivity contribution in [2.75, 3.05) is 0 Å². The third-order valence-corrected chi connectivity index (χ3v) is 0.655. The summed E-state index contributed by atoms with van der Waals surface area (Å²) in [4.78, 5) is 0. The van der Waals surface area contributed by atoms with Gasteiger partial charge in [0.05, 0.1) is 0 Å². The molecule has 0 saturated heterocycles. The summed E-state index contributed by atoms with van der Waals surface area (Å²) in [6.07, 6.45) is 9.50. The van der Waals surface area contributed by atoms with Crippen LogP contribution in [0.5, 0.6) is 0 Å². The Hall–Kier alpha value is -0.0405. The normalized spacial score (nSPS) is 13.4. The SMILES string of the molecule is C1=CCC=C1.[OH][Mn]. The molecule has 0 aromatic heterocycles. The average Bonchev–Trinajstić information content (AvgIpc) is 2.23. The number of hydrogen-bond acceptors (Lipinski definition) is 1. The molecule has 0 spiro atoms. The predicted octanol–water partition coefficient (Wildman–Crippen LogP) is 0.943. The van der Waals surface area contributed by atoms with E-state index in [9.17, 15) is 0 Å². The average molecular weight is 138 g/mol. The monoisotopic (exact) mass is 138 g/mol. The molecule has 1 N–H and O–H groups in total. The van der Waals surface area contributed by atoms with Crippen molar-refractivity contribution in [1.82, 2.24) is 0 Å². The van der Waals surface area contributed by atoms with Crippen LogP contribution in [0.15, 0.2) is 24.3 Å². The van der Waals surface area contributed by atoms with E-state index in [-0.39, 0.29) is 0 Å². The van der Waals surface area contributed by atoms with E-state index in [4.69, 9.17) is 4.19 Å². The molecule has 1 rings (SSSR count). The van der Waals surface area contributed by atoms with E-state index in [2.05, 4.69) is 24.3 Å². The summed E-state index contributed by atoms with van der Waals surface area (Å²) >= 11 is 1.94. The third-order valence-electron chi connectivity index (χ3n) is 0.655. The summed E-state index contributed by atoms with van der Waals surface area (Å²) in [7, 11) is 0. The van der Waals surface area contributed by atoms with Gasteiger partial charge in [0.2, 0.25) is 0 Å². The van der Waals surface area contributed by atoms with Crippen LogP contribution in [0.3, 0.4) is 0 Å². The van der Waals surface area contributed by atoms with Crippen molar-refractivity contribution in [3.05, 3.63) is 24.3 Å². The maximum atomic E-state index is 6.81. The summed E-state index contributed by atoms with van der Waals surface area (Å²) in [5, 5.41) is 0. The molecule has 0 unspecified atom stereocenters. The van der Waals surface area contributed by atoms with Crippen LogP contribution in [0.25, 0.3) is 0 Å². The molecule has 0 radical (unpaired) electrons. The van der Waals surface area contributed by atoms with E-state index in [1.807, 2.05) is 16.3 Å². The molecule has 0 amide bonds. The van der Waals surface area contributed by atoms with E-state index >= 15 is 0 Å². The van der Waals surface area contributed by atoms with Crippen molar-refractivity contribution in [2.45, 2.75) is 6.42 Å². The zero-order valence-electron chi connectivity index (χ0n) is 3.84. The quantitative estimate of drug-likeness (QED) is 0.494. The number of hydrogen-bond donors (Lipinski definition) is 1. The molecule has 0 aromatic rings. The molecule has 0 fully saturated rings. The van der Waals surface area contributed by atoms with Gasteiger partial charge in [0, 0.05) is 0 Å².